The second-order valence-corrected chi connectivity index (χ2v) is 18.5. The number of ether oxygens (including phenoxy) is 2. The molecule has 12 heteroatoms. The molecule has 8 fully saturated rings. The number of imidazole rings is 2. The van der Waals surface area contributed by atoms with E-state index in [0.29, 0.717) is 13.1 Å². The predicted octanol–water partition coefficient (Wildman–Crippen LogP) is 6.50. The number of aromatic amines is 2. The largest absolute Gasteiger partial charge is 0.462 e. The maximum Gasteiger partial charge on any atom is 0.310 e. The zero-order valence-corrected chi connectivity index (χ0v) is 32.0. The van der Waals surface area contributed by atoms with Crippen LogP contribution in [0.2, 0.25) is 0 Å². The first-order chi connectivity index (χ1) is 28.3. The summed E-state index contributed by atoms with van der Waals surface area (Å²) in [5, 5.41) is 0. The van der Waals surface area contributed by atoms with Crippen LogP contribution in [0.5, 0.6) is 0 Å². The number of nitrogens with one attached hydrogen (secondary N) is 2. The summed E-state index contributed by atoms with van der Waals surface area (Å²) < 4.78 is 11.3. The highest BCUT2D eigenvalue weighted by molar-refractivity contribution is 5.90. The number of esters is 2. The Kier molecular flexibility index (Phi) is 6.93. The van der Waals surface area contributed by atoms with Gasteiger partial charge in [0.2, 0.25) is 11.8 Å². The Morgan fingerprint density at radius 1 is 0.586 bits per heavy atom. The van der Waals surface area contributed by atoms with Gasteiger partial charge in [-0.15, -0.1) is 0 Å². The molecule has 4 saturated carbocycles. The first-order valence-corrected chi connectivity index (χ1v) is 21.5. The number of carbonyl (C=O) groups is 4. The molecule has 0 spiro atoms. The molecule has 4 saturated heterocycles. The van der Waals surface area contributed by atoms with Crippen molar-refractivity contribution in [2.24, 2.45) is 47.3 Å². The normalized spacial score (nSPS) is 35.3. The number of nitrogens with zero attached hydrogens (tertiary/aromatic N) is 4. The monoisotopic (exact) mass is 776 g/mol. The fraction of sp³-hybridized carbons (Fsp3) is 0.478. The quantitative estimate of drug-likeness (QED) is 0.186. The van der Waals surface area contributed by atoms with Crippen LogP contribution in [0.1, 0.15) is 75.1 Å². The summed E-state index contributed by atoms with van der Waals surface area (Å²) in [4.78, 5) is 74.5. The molecule has 294 valence electrons. The third-order valence-electron chi connectivity index (χ3n) is 15.8. The molecule has 8 aliphatic rings. The zero-order chi connectivity index (χ0) is 38.6. The molecule has 4 aliphatic heterocycles. The van der Waals surface area contributed by atoms with E-state index in [0.717, 1.165) is 107 Å². The van der Waals surface area contributed by atoms with Crippen molar-refractivity contribution in [2.75, 3.05) is 13.1 Å². The highest BCUT2D eigenvalue weighted by Gasteiger charge is 2.66. The lowest BCUT2D eigenvalue weighted by atomic mass is 9.79. The van der Waals surface area contributed by atoms with E-state index >= 15 is 0 Å². The van der Waals surface area contributed by atoms with Crippen molar-refractivity contribution in [3.63, 3.8) is 0 Å². The molecule has 4 bridgehead atoms. The molecular formula is C46H44N6O6. The van der Waals surface area contributed by atoms with E-state index in [4.69, 9.17) is 19.4 Å². The number of hydrogen-bond acceptors (Lipinski definition) is 8. The van der Waals surface area contributed by atoms with Crippen molar-refractivity contribution >= 4 is 45.8 Å². The Labute approximate surface area is 334 Å². The van der Waals surface area contributed by atoms with Crippen LogP contribution in [0.4, 0.5) is 0 Å². The number of hydrogen-bond donors (Lipinski definition) is 2. The van der Waals surface area contributed by atoms with Gasteiger partial charge in [-0.1, -0.05) is 36.4 Å². The molecule has 5 aromatic rings. The molecular weight excluding hydrogens is 733 g/mol. The maximum absolute atomic E-state index is 14.0. The maximum atomic E-state index is 14.0. The molecule has 3 aromatic carbocycles. The van der Waals surface area contributed by atoms with Crippen LogP contribution in [-0.2, 0) is 28.7 Å². The molecule has 0 radical (unpaired) electrons. The molecule has 6 heterocycles. The van der Waals surface area contributed by atoms with Gasteiger partial charge in [-0.2, -0.15) is 0 Å². The first-order valence-electron chi connectivity index (χ1n) is 21.5. The highest BCUT2D eigenvalue weighted by Crippen LogP contribution is 2.60. The number of rotatable bonds is 6. The lowest BCUT2D eigenvalue weighted by molar-refractivity contribution is -0.148. The summed E-state index contributed by atoms with van der Waals surface area (Å²) in [6.45, 7) is 1.38. The fourth-order valence-corrected chi connectivity index (χ4v) is 13.3. The van der Waals surface area contributed by atoms with E-state index in [2.05, 4.69) is 58.5 Å². The Balaban J connectivity index is 0.719. The summed E-state index contributed by atoms with van der Waals surface area (Å²) >= 11 is 0. The number of likely N-dealkylation sites (tertiary alicyclic amines) is 2. The van der Waals surface area contributed by atoms with Crippen molar-refractivity contribution in [3.05, 3.63) is 72.3 Å². The highest BCUT2D eigenvalue weighted by atomic mass is 16.6. The lowest BCUT2D eigenvalue weighted by Crippen LogP contribution is -2.42. The second-order valence-electron chi connectivity index (χ2n) is 18.5. The molecule has 2 unspecified atom stereocenters. The van der Waals surface area contributed by atoms with Crippen LogP contribution in [0.15, 0.2) is 60.7 Å². The van der Waals surface area contributed by atoms with Crippen LogP contribution in [0.25, 0.3) is 44.3 Å². The SMILES string of the molecule is O=C1O[C@@H]2C[C@@H]3CC2[C@@H]1[C@H]3C(=O)N1CCC[C@H]1c1nc2ccc(-c3ccc(-c4ccc5nc([C@@H]6CCCN6C(=O)[C@H]6[C@H]7CC8[C@H]6C(=O)O[C@@H]8C7)[nH]c5c4)cc3)cc2[nH]1. The minimum absolute atomic E-state index is 0.0226. The molecule has 58 heavy (non-hydrogen) atoms. The van der Waals surface area contributed by atoms with E-state index in [1.54, 1.807) is 0 Å². The molecule has 12 atom stereocenters. The molecule has 13 rings (SSSR count). The Hall–Kier alpha value is -5.52. The molecule has 4 aliphatic carbocycles. The Bertz CT molecular complexity index is 2420. The molecule has 12 nitrogen and oxygen atoms in total. The number of amides is 2. The van der Waals surface area contributed by atoms with Gasteiger partial charge in [-0.05, 0) is 110 Å². The number of fused-ring (bicyclic) bond motifs is 4. The molecule has 2 aromatic heterocycles. The summed E-state index contributed by atoms with van der Waals surface area (Å²) in [5.74, 6) is 1.35. The Morgan fingerprint density at radius 2 is 1.02 bits per heavy atom. The standard InChI is InChI=1S/C46H44N6O6/c53-43(37-25-15-27-35(19-25)57-45(55)39(27)37)51-13-1-3-33(51)41-47-29-11-9-23(17-31(29)49-41)21-5-7-22(8-6-21)24-10-12-30-32(18-24)50-42(48-30)34-4-2-14-52(34)44(54)38-26-16-28-36(20-26)58-46(56)40(28)38/h5-12,17-18,25-28,33-40H,1-4,13-16,19-20H2,(H,47,49)(H,48,50)/t25-,26-,27?,28?,33-,34-,35+,36+,37-,38-,39+,40+/m0/s1. The van der Waals surface area contributed by atoms with Gasteiger partial charge in [0.05, 0.1) is 57.8 Å². The zero-order valence-electron chi connectivity index (χ0n) is 32.0. The average Bonchev–Trinajstić information content (AvgIpc) is 4.08. The van der Waals surface area contributed by atoms with Crippen LogP contribution in [0.3, 0.4) is 0 Å². The predicted molar refractivity (Wildman–Crippen MR) is 210 cm³/mol. The van der Waals surface area contributed by atoms with Crippen LogP contribution >= 0.6 is 0 Å². The third kappa shape index (κ3) is 4.68. The smallest absolute Gasteiger partial charge is 0.310 e. The van der Waals surface area contributed by atoms with Gasteiger partial charge in [-0.25, -0.2) is 9.97 Å². The van der Waals surface area contributed by atoms with Gasteiger partial charge >= 0.3 is 11.9 Å². The van der Waals surface area contributed by atoms with Crippen molar-refractivity contribution in [1.29, 1.82) is 0 Å². The van der Waals surface area contributed by atoms with Crippen LogP contribution in [-0.4, -0.2) is 78.8 Å². The Morgan fingerprint density at radius 3 is 1.47 bits per heavy atom. The van der Waals surface area contributed by atoms with Gasteiger partial charge in [0.25, 0.3) is 0 Å². The van der Waals surface area contributed by atoms with Gasteiger partial charge in [-0.3, -0.25) is 19.2 Å². The van der Waals surface area contributed by atoms with Crippen molar-refractivity contribution in [2.45, 2.75) is 75.7 Å². The summed E-state index contributed by atoms with van der Waals surface area (Å²) in [5.41, 5.74) is 7.94. The van der Waals surface area contributed by atoms with Gasteiger partial charge < -0.3 is 29.2 Å². The summed E-state index contributed by atoms with van der Waals surface area (Å²) in [6, 6.07) is 20.9. The summed E-state index contributed by atoms with van der Waals surface area (Å²) in [6.07, 6.45) is 7.09. The number of aromatic nitrogens is 4. The average molecular weight is 777 g/mol. The third-order valence-corrected chi connectivity index (χ3v) is 15.8. The number of carbonyl (C=O) groups excluding carboxylic acids is 4. The number of H-pyrrole nitrogens is 2. The second kappa shape index (κ2) is 12.0. The minimum Gasteiger partial charge on any atom is -0.462 e. The molecule has 2 N–H and O–H groups in total. The topological polar surface area (TPSA) is 151 Å². The van der Waals surface area contributed by atoms with Crippen molar-refractivity contribution in [3.8, 4) is 22.3 Å². The minimum atomic E-state index is -0.271. The van der Waals surface area contributed by atoms with E-state index in [1.807, 2.05) is 21.9 Å². The van der Waals surface area contributed by atoms with E-state index < -0.39 is 0 Å². The van der Waals surface area contributed by atoms with Gasteiger partial charge in [0.15, 0.2) is 0 Å². The van der Waals surface area contributed by atoms with E-state index in [1.165, 1.54) is 0 Å². The van der Waals surface area contributed by atoms with E-state index in [-0.39, 0.29) is 95.4 Å². The fourth-order valence-electron chi connectivity index (χ4n) is 13.3. The summed E-state index contributed by atoms with van der Waals surface area (Å²) in [7, 11) is 0. The van der Waals surface area contributed by atoms with Crippen LogP contribution < -0.4 is 0 Å². The van der Waals surface area contributed by atoms with Crippen molar-refractivity contribution in [1.82, 2.24) is 29.7 Å². The molecule has 2 amide bonds. The first kappa shape index (κ1) is 33.5. The van der Waals surface area contributed by atoms with Crippen molar-refractivity contribution < 1.29 is 28.7 Å². The lowest BCUT2D eigenvalue weighted by Gasteiger charge is -2.31. The van der Waals surface area contributed by atoms with Gasteiger partial charge in [0.1, 0.15) is 23.9 Å². The van der Waals surface area contributed by atoms with Crippen LogP contribution in [0, 0.1) is 47.3 Å². The van der Waals surface area contributed by atoms with E-state index in [9.17, 15) is 19.2 Å². The number of benzene rings is 3. The van der Waals surface area contributed by atoms with Gasteiger partial charge in [0, 0.05) is 24.9 Å².